The summed E-state index contributed by atoms with van der Waals surface area (Å²) in [4.78, 5) is 32.5. The first-order valence-electron chi connectivity index (χ1n) is 13.4. The van der Waals surface area contributed by atoms with Crippen molar-refractivity contribution in [3.63, 3.8) is 0 Å². The second-order valence-corrected chi connectivity index (χ2v) is 13.5. The highest BCUT2D eigenvalue weighted by molar-refractivity contribution is 7.92. The van der Waals surface area contributed by atoms with Gasteiger partial charge in [0.15, 0.2) is 5.75 Å². The molecule has 0 unspecified atom stereocenters. The summed E-state index contributed by atoms with van der Waals surface area (Å²) < 4.78 is 33.6. The largest absolute Gasteiger partial charge is 0.444 e. The van der Waals surface area contributed by atoms with Gasteiger partial charge in [0.25, 0.3) is 15.9 Å². The number of hydrogen-bond acceptors (Lipinski definition) is 6. The summed E-state index contributed by atoms with van der Waals surface area (Å²) in [5, 5.41) is 3.43. The van der Waals surface area contributed by atoms with Crippen molar-refractivity contribution in [2.24, 2.45) is 5.92 Å². The number of amides is 2. The van der Waals surface area contributed by atoms with Crippen molar-refractivity contribution in [2.45, 2.75) is 44.1 Å². The average molecular weight is 635 g/mol. The number of nitrogens with one attached hydrogen (secondary N) is 1. The van der Waals surface area contributed by atoms with Crippen LogP contribution in [-0.4, -0.2) is 50.6 Å². The third-order valence-corrected chi connectivity index (χ3v) is 8.61. The summed E-state index contributed by atoms with van der Waals surface area (Å²) in [6, 6.07) is 18.4. The van der Waals surface area contributed by atoms with E-state index in [1.807, 2.05) is 20.8 Å². The van der Waals surface area contributed by atoms with Gasteiger partial charge in [-0.1, -0.05) is 45.9 Å². The first-order valence-corrected chi connectivity index (χ1v) is 15.6. The fraction of sp³-hybridized carbons (Fsp3) is 0.333. The van der Waals surface area contributed by atoms with Gasteiger partial charge in [-0.15, -0.1) is 0 Å². The predicted molar refractivity (Wildman–Crippen MR) is 163 cm³/mol. The van der Waals surface area contributed by atoms with Crippen LogP contribution in [0.4, 0.5) is 10.5 Å². The number of benzene rings is 3. The lowest BCUT2D eigenvalue weighted by molar-refractivity contribution is 0.0183. The molecule has 0 atom stereocenters. The molecule has 42 heavy (non-hydrogen) atoms. The Morgan fingerprint density at radius 1 is 0.976 bits per heavy atom. The fourth-order valence-electron chi connectivity index (χ4n) is 4.29. The van der Waals surface area contributed by atoms with Gasteiger partial charge in [0.2, 0.25) is 0 Å². The Bertz CT molecular complexity index is 1500. The number of carbonyl (C=O) groups excluding carboxylic acids is 2. The normalized spacial score (nSPS) is 14.3. The van der Waals surface area contributed by atoms with E-state index >= 15 is 0 Å². The summed E-state index contributed by atoms with van der Waals surface area (Å²) in [6.07, 6.45) is 1.15. The second kappa shape index (κ2) is 13.2. The molecular formula is C30H33Cl2N3O6S. The summed E-state index contributed by atoms with van der Waals surface area (Å²) >= 11 is 12.2. The summed E-state index contributed by atoms with van der Waals surface area (Å²) in [6.45, 7) is 7.06. The number of halogens is 2. The Kier molecular flexibility index (Phi) is 9.91. The van der Waals surface area contributed by atoms with Crippen molar-refractivity contribution in [3.05, 3.63) is 88.4 Å². The van der Waals surface area contributed by atoms with E-state index in [4.69, 9.17) is 32.8 Å². The highest BCUT2D eigenvalue weighted by atomic mass is 35.5. The first-order chi connectivity index (χ1) is 19.8. The van der Waals surface area contributed by atoms with Gasteiger partial charge < -0.3 is 19.8 Å². The molecule has 3 aromatic rings. The minimum atomic E-state index is -4.23. The third kappa shape index (κ3) is 8.08. The molecule has 1 N–H and O–H groups in total. The molecule has 0 aromatic heterocycles. The number of ether oxygens (including phenoxy) is 1. The zero-order chi connectivity index (χ0) is 30.5. The topological polar surface area (TPSA) is 105 Å². The van der Waals surface area contributed by atoms with E-state index in [-0.39, 0.29) is 39.3 Å². The molecule has 4 rings (SSSR count). The quantitative estimate of drug-likeness (QED) is 0.282. The molecular weight excluding hydrogens is 601 g/mol. The summed E-state index contributed by atoms with van der Waals surface area (Å²) in [7, 11) is -4.23. The standard InChI is InChI=1S/C30H33Cl2N3O6S/c1-30(2,3)40-29(37)34-17-15-21(16-18-34)20-33-28(36)22-9-12-25(13-10-22)42(38,39)35(24-7-5-4-6-8-24)41-27-14-11-23(31)19-26(27)32/h4-14,19,21H,15-18,20H2,1-3H3,(H,33,36). The van der Waals surface area contributed by atoms with Crippen LogP contribution in [0.2, 0.25) is 10.0 Å². The Hall–Kier alpha value is -3.47. The first kappa shape index (κ1) is 31.5. The fourth-order valence-corrected chi connectivity index (χ4v) is 5.98. The minimum absolute atomic E-state index is 0.0810. The van der Waals surface area contributed by atoms with Crippen LogP contribution in [-0.2, 0) is 14.8 Å². The highest BCUT2D eigenvalue weighted by Gasteiger charge is 2.29. The average Bonchev–Trinajstić information content (AvgIpc) is 2.95. The molecule has 0 bridgehead atoms. The van der Waals surface area contributed by atoms with Crippen molar-refractivity contribution < 1.29 is 27.6 Å². The maximum Gasteiger partial charge on any atom is 0.410 e. The lowest BCUT2D eigenvalue weighted by Gasteiger charge is -2.33. The van der Waals surface area contributed by atoms with Crippen LogP contribution in [0, 0.1) is 5.92 Å². The van der Waals surface area contributed by atoms with E-state index in [0.29, 0.717) is 30.2 Å². The van der Waals surface area contributed by atoms with Gasteiger partial charge in [0, 0.05) is 30.2 Å². The van der Waals surface area contributed by atoms with Crippen LogP contribution in [0.25, 0.3) is 0 Å². The number of carbonyl (C=O) groups is 2. The van der Waals surface area contributed by atoms with Crippen molar-refractivity contribution in [1.82, 2.24) is 10.2 Å². The zero-order valence-corrected chi connectivity index (χ0v) is 25.9. The van der Waals surface area contributed by atoms with E-state index in [9.17, 15) is 18.0 Å². The molecule has 0 saturated carbocycles. The van der Waals surface area contributed by atoms with Gasteiger partial charge in [0.1, 0.15) is 5.60 Å². The molecule has 1 heterocycles. The second-order valence-electron chi connectivity index (χ2n) is 10.9. The number of rotatable bonds is 8. The van der Waals surface area contributed by atoms with E-state index in [0.717, 1.165) is 17.3 Å². The lowest BCUT2D eigenvalue weighted by Crippen LogP contribution is -2.43. The van der Waals surface area contributed by atoms with E-state index in [2.05, 4.69) is 5.32 Å². The molecule has 0 spiro atoms. The molecule has 224 valence electrons. The van der Waals surface area contributed by atoms with Gasteiger partial charge >= 0.3 is 6.09 Å². The molecule has 3 aromatic carbocycles. The van der Waals surface area contributed by atoms with Crippen molar-refractivity contribution >= 4 is 50.9 Å². The number of anilines is 1. The zero-order valence-electron chi connectivity index (χ0n) is 23.5. The minimum Gasteiger partial charge on any atom is -0.444 e. The van der Waals surface area contributed by atoms with Crippen molar-refractivity contribution in [3.8, 4) is 5.75 Å². The molecule has 1 aliphatic heterocycles. The number of sulfonamides is 1. The Labute approximate surface area is 256 Å². The Balaban J connectivity index is 1.40. The number of piperidine rings is 1. The van der Waals surface area contributed by atoms with Crippen LogP contribution in [0.3, 0.4) is 0 Å². The number of likely N-dealkylation sites (tertiary alicyclic amines) is 1. The van der Waals surface area contributed by atoms with Gasteiger partial charge in [-0.05, 0) is 94.1 Å². The van der Waals surface area contributed by atoms with E-state index in [1.54, 1.807) is 35.2 Å². The predicted octanol–water partition coefficient (Wildman–Crippen LogP) is 6.56. The molecule has 0 aliphatic carbocycles. The van der Waals surface area contributed by atoms with Gasteiger partial charge in [-0.2, -0.15) is 8.42 Å². The Morgan fingerprint density at radius 3 is 2.21 bits per heavy atom. The molecule has 2 amide bonds. The maximum absolute atomic E-state index is 13.7. The molecule has 1 aliphatic rings. The van der Waals surface area contributed by atoms with Crippen LogP contribution < -0.4 is 14.6 Å². The van der Waals surface area contributed by atoms with Gasteiger partial charge in [-0.3, -0.25) is 4.79 Å². The van der Waals surface area contributed by atoms with Crippen LogP contribution in [0.5, 0.6) is 5.75 Å². The van der Waals surface area contributed by atoms with Gasteiger partial charge in [0.05, 0.1) is 15.6 Å². The van der Waals surface area contributed by atoms with Crippen LogP contribution in [0.1, 0.15) is 44.0 Å². The van der Waals surface area contributed by atoms with Crippen LogP contribution in [0.15, 0.2) is 77.7 Å². The van der Waals surface area contributed by atoms with Crippen molar-refractivity contribution in [1.29, 1.82) is 0 Å². The third-order valence-electron chi connectivity index (χ3n) is 6.49. The highest BCUT2D eigenvalue weighted by Crippen LogP contribution is 2.32. The van der Waals surface area contributed by atoms with Crippen molar-refractivity contribution in [2.75, 3.05) is 24.1 Å². The molecule has 9 nitrogen and oxygen atoms in total. The maximum atomic E-state index is 13.7. The number of para-hydroxylation sites is 1. The van der Waals surface area contributed by atoms with E-state index < -0.39 is 15.6 Å². The monoisotopic (exact) mass is 633 g/mol. The van der Waals surface area contributed by atoms with E-state index in [1.165, 1.54) is 42.5 Å². The molecule has 12 heteroatoms. The number of hydrogen-bond donors (Lipinski definition) is 1. The SMILES string of the molecule is CC(C)(C)OC(=O)N1CCC(CNC(=O)c2ccc(S(=O)(=O)N(Oc3ccc(Cl)cc3Cl)c3ccccc3)cc2)CC1. The van der Waals surface area contributed by atoms with Crippen LogP contribution >= 0.6 is 23.2 Å². The summed E-state index contributed by atoms with van der Waals surface area (Å²) in [5.74, 6) is -0.0115. The molecule has 1 saturated heterocycles. The van der Waals surface area contributed by atoms with Gasteiger partial charge in [-0.25, -0.2) is 4.79 Å². The lowest BCUT2D eigenvalue weighted by atomic mass is 9.97. The summed E-state index contributed by atoms with van der Waals surface area (Å²) in [5.41, 5.74) is 0.0183. The number of nitrogens with zero attached hydrogens (tertiary/aromatic N) is 2. The Morgan fingerprint density at radius 2 is 1.62 bits per heavy atom. The molecule has 0 radical (unpaired) electrons. The smallest absolute Gasteiger partial charge is 0.410 e. The molecule has 1 fully saturated rings.